The van der Waals surface area contributed by atoms with Crippen molar-refractivity contribution in [3.63, 3.8) is 0 Å². The Morgan fingerprint density at radius 3 is 1.25 bits per heavy atom. The molecule has 0 spiro atoms. The minimum atomic E-state index is -0.167. The van der Waals surface area contributed by atoms with Crippen molar-refractivity contribution in [3.05, 3.63) is 12.7 Å². The van der Waals surface area contributed by atoms with E-state index < -0.39 is 0 Å². The Morgan fingerprint density at radius 1 is 1.00 bits per heavy atom. The molecule has 0 N–H and O–H groups in total. The third-order valence-corrected chi connectivity index (χ3v) is 0.0476. The Labute approximate surface area is 22.7 Å². The second-order valence-corrected chi connectivity index (χ2v) is 0.252. The first-order valence-electron chi connectivity index (χ1n) is 0.770. The largest absolute Gasteiger partial charge is 0.213 e. The van der Waals surface area contributed by atoms with Gasteiger partial charge in [0.05, 0.1) is 0 Å². The standard InChI is InChI=1S/C2H2F2/c3-1-2-4/h1-2H/b2-1+. The molecule has 24 valence electrons. The van der Waals surface area contributed by atoms with Gasteiger partial charge in [0.1, 0.15) is 12.7 Å². The van der Waals surface area contributed by atoms with E-state index in [1.54, 1.807) is 0 Å². The highest BCUT2D eigenvalue weighted by molar-refractivity contribution is 4.51. The number of hydrogen-bond acceptors (Lipinski definition) is 0. The van der Waals surface area contributed by atoms with E-state index in [1.807, 2.05) is 0 Å². The van der Waals surface area contributed by atoms with Gasteiger partial charge in [-0.2, -0.15) is 0 Å². The molecule has 0 heterocycles. The lowest BCUT2D eigenvalue weighted by atomic mass is 11.2. The summed E-state index contributed by atoms with van der Waals surface area (Å²) in [5, 5.41) is 0. The highest BCUT2D eigenvalue weighted by atomic mass is 19.2. The van der Waals surface area contributed by atoms with Crippen LogP contribution in [-0.2, 0) is 0 Å². The van der Waals surface area contributed by atoms with Crippen molar-refractivity contribution in [2.75, 3.05) is 0 Å². The van der Waals surface area contributed by atoms with E-state index in [-0.39, 0.29) is 12.7 Å². The molecule has 0 amide bonds. The molecule has 0 fully saturated rings. The topological polar surface area (TPSA) is 0 Å². The zero-order valence-corrected chi connectivity index (χ0v) is 1.91. The maximum Gasteiger partial charge on any atom is 0.115 e. The molecular weight excluding hydrogens is 62.0 g/mol. The summed E-state index contributed by atoms with van der Waals surface area (Å²) in [5.41, 5.74) is 0. The molecule has 0 aliphatic rings. The van der Waals surface area contributed by atoms with Crippen molar-refractivity contribution in [3.8, 4) is 0 Å². The lowest BCUT2D eigenvalue weighted by molar-refractivity contribution is 0.645. The summed E-state index contributed by atoms with van der Waals surface area (Å²) in [5.74, 6) is 0. The van der Waals surface area contributed by atoms with E-state index in [9.17, 15) is 8.78 Å². The van der Waals surface area contributed by atoms with Gasteiger partial charge in [-0.1, -0.05) is 0 Å². The molecule has 0 saturated heterocycles. The second-order valence-electron chi connectivity index (χ2n) is 0.252. The molecule has 0 saturated carbocycles. The molecule has 4 heavy (non-hydrogen) atoms. The third kappa shape index (κ3) is 1.60. The summed E-state index contributed by atoms with van der Waals surface area (Å²) in [7, 11) is 0. The maximum absolute atomic E-state index is 10.2. The predicted octanol–water partition coefficient (Wildman–Crippen LogP) is 1.40. The molecule has 0 atom stereocenters. The van der Waals surface area contributed by atoms with Crippen LogP contribution >= 0.6 is 0 Å². The van der Waals surface area contributed by atoms with Gasteiger partial charge in [0.25, 0.3) is 0 Å². The molecule has 0 bridgehead atoms. The molecule has 0 aromatic rings. The summed E-state index contributed by atoms with van der Waals surface area (Å²) in [6.45, 7) is 0. The average Bonchev–Trinajstić information content (AvgIpc) is 1.37. The monoisotopic (exact) mass is 64.0 g/mol. The molecule has 0 unspecified atom stereocenters. The smallest absolute Gasteiger partial charge is 0.115 e. The van der Waals surface area contributed by atoms with Crippen LogP contribution in [0.3, 0.4) is 0 Å². The maximum atomic E-state index is 10.2. The van der Waals surface area contributed by atoms with Gasteiger partial charge in [-0.3, -0.25) is 0 Å². The van der Waals surface area contributed by atoms with Gasteiger partial charge in [0, 0.05) is 0 Å². The fourth-order valence-electron chi connectivity index (χ4n) is 0. The average molecular weight is 64.0 g/mol. The molecular formula is C2H2F2. The summed E-state index contributed by atoms with van der Waals surface area (Å²) >= 11 is 0. The number of hydrogen-bond donors (Lipinski definition) is 0. The molecule has 0 aromatic carbocycles. The lowest BCUT2D eigenvalue weighted by Crippen LogP contribution is -1.18. The molecule has 0 aliphatic carbocycles. The van der Waals surface area contributed by atoms with Crippen molar-refractivity contribution in [1.29, 1.82) is 0 Å². The highest BCUT2D eigenvalue weighted by Crippen LogP contribution is 1.67. The van der Waals surface area contributed by atoms with Crippen LogP contribution in [0.25, 0.3) is 0 Å². The normalized spacial score (nSPS) is 9.50. The second kappa shape index (κ2) is 2.60. The Balaban J connectivity index is 2.55. The van der Waals surface area contributed by atoms with E-state index in [1.165, 1.54) is 0 Å². The summed E-state index contributed by atoms with van der Waals surface area (Å²) in [4.78, 5) is 0. The first-order chi connectivity index (χ1) is 1.91. The quantitative estimate of drug-likeness (QED) is 0.399. The lowest BCUT2D eigenvalue weighted by Gasteiger charge is -1.42. The van der Waals surface area contributed by atoms with Gasteiger partial charge in [0.15, 0.2) is 0 Å². The van der Waals surface area contributed by atoms with E-state index >= 15 is 0 Å². The zero-order valence-electron chi connectivity index (χ0n) is 1.91. The molecule has 0 nitrogen and oxygen atoms in total. The first-order valence-corrected chi connectivity index (χ1v) is 0.770. The Morgan fingerprint density at radius 2 is 1.25 bits per heavy atom. The van der Waals surface area contributed by atoms with Crippen LogP contribution in [0.1, 0.15) is 0 Å². The van der Waals surface area contributed by atoms with Crippen LogP contribution in [0.4, 0.5) is 8.78 Å². The number of halogens is 2. The minimum absolute atomic E-state index is 0.167. The van der Waals surface area contributed by atoms with Crippen LogP contribution in [0.2, 0.25) is 0 Å². The van der Waals surface area contributed by atoms with Gasteiger partial charge < -0.3 is 0 Å². The fraction of sp³-hybridized carbons (Fsp3) is 0. The van der Waals surface area contributed by atoms with Crippen molar-refractivity contribution < 1.29 is 8.78 Å². The van der Waals surface area contributed by atoms with Crippen molar-refractivity contribution in [2.24, 2.45) is 0 Å². The summed E-state index contributed by atoms with van der Waals surface area (Å²) in [6.07, 6.45) is -0.333. The molecule has 0 aliphatic heterocycles. The Bertz CT molecular complexity index is 19.2. The van der Waals surface area contributed by atoms with Gasteiger partial charge in [-0.25, -0.2) is 8.78 Å². The Kier molecular flexibility index (Phi) is 2.34. The van der Waals surface area contributed by atoms with E-state index in [0.29, 0.717) is 0 Å². The summed E-state index contributed by atoms with van der Waals surface area (Å²) < 4.78 is 20.3. The molecule has 0 aromatic heterocycles. The van der Waals surface area contributed by atoms with Crippen LogP contribution in [0.5, 0.6) is 0 Å². The zero-order chi connectivity index (χ0) is 3.41. The SMILES string of the molecule is F/C=C/F. The van der Waals surface area contributed by atoms with Crippen molar-refractivity contribution in [1.82, 2.24) is 0 Å². The first kappa shape index (κ1) is 3.60. The van der Waals surface area contributed by atoms with Crippen molar-refractivity contribution >= 4 is 0 Å². The summed E-state index contributed by atoms with van der Waals surface area (Å²) in [6, 6.07) is 0. The minimum Gasteiger partial charge on any atom is -0.213 e. The van der Waals surface area contributed by atoms with Crippen LogP contribution in [0.15, 0.2) is 12.7 Å². The predicted molar refractivity (Wildman–Crippen MR) is 11.4 cm³/mol. The number of rotatable bonds is 0. The van der Waals surface area contributed by atoms with Gasteiger partial charge >= 0.3 is 0 Å². The molecule has 0 radical (unpaired) electrons. The highest BCUT2D eigenvalue weighted by Gasteiger charge is 1.43. The van der Waals surface area contributed by atoms with Gasteiger partial charge in [-0.05, 0) is 0 Å². The molecule has 2 heteroatoms. The third-order valence-electron chi connectivity index (χ3n) is 0.0476. The van der Waals surface area contributed by atoms with Crippen LogP contribution in [-0.4, -0.2) is 0 Å². The fourth-order valence-corrected chi connectivity index (χ4v) is 0. The van der Waals surface area contributed by atoms with E-state index in [0.717, 1.165) is 0 Å². The van der Waals surface area contributed by atoms with E-state index in [4.69, 9.17) is 0 Å². The van der Waals surface area contributed by atoms with Gasteiger partial charge in [0.2, 0.25) is 0 Å². The van der Waals surface area contributed by atoms with Crippen LogP contribution < -0.4 is 0 Å². The molecule has 0 rings (SSSR count). The van der Waals surface area contributed by atoms with Gasteiger partial charge in [-0.15, -0.1) is 0 Å². The van der Waals surface area contributed by atoms with Crippen molar-refractivity contribution in [2.45, 2.75) is 0 Å². The van der Waals surface area contributed by atoms with E-state index in [2.05, 4.69) is 0 Å². The Hall–Kier alpha value is -0.400. The van der Waals surface area contributed by atoms with Crippen LogP contribution in [0, 0.1) is 0 Å².